The summed E-state index contributed by atoms with van der Waals surface area (Å²) in [5.74, 6) is 0.225. The molecule has 0 saturated carbocycles. The van der Waals surface area contributed by atoms with E-state index in [1.54, 1.807) is 38.5 Å². The maximum absolute atomic E-state index is 14.2. The van der Waals surface area contributed by atoms with Crippen LogP contribution in [0.2, 0.25) is 0 Å². The maximum atomic E-state index is 14.2. The molecule has 0 saturated heterocycles. The first-order chi connectivity index (χ1) is 17.0. The van der Waals surface area contributed by atoms with Crippen molar-refractivity contribution in [3.8, 4) is 11.5 Å². The van der Waals surface area contributed by atoms with Crippen molar-refractivity contribution in [1.29, 1.82) is 0 Å². The molecular formula is C27H25FN2O4S. The summed E-state index contributed by atoms with van der Waals surface area (Å²) in [5, 5.41) is 2.88. The highest BCUT2D eigenvalue weighted by Gasteiger charge is 2.30. The molecule has 180 valence electrons. The number of methoxy groups -OCH3 is 2. The minimum atomic E-state index is -0.410. The Morgan fingerprint density at radius 1 is 1.03 bits per heavy atom. The Kier molecular flexibility index (Phi) is 7.72. The zero-order valence-corrected chi connectivity index (χ0v) is 20.2. The molecule has 6 nitrogen and oxygen atoms in total. The quantitative estimate of drug-likeness (QED) is 0.463. The van der Waals surface area contributed by atoms with Crippen molar-refractivity contribution in [1.82, 2.24) is 5.32 Å². The normalized spacial score (nSPS) is 14.0. The number of nitrogens with one attached hydrogen (secondary N) is 1. The van der Waals surface area contributed by atoms with E-state index in [-0.39, 0.29) is 18.4 Å². The number of para-hydroxylation sites is 1. The van der Waals surface area contributed by atoms with Gasteiger partial charge in [0.15, 0.2) is 11.5 Å². The van der Waals surface area contributed by atoms with Gasteiger partial charge in [0.1, 0.15) is 12.4 Å². The number of amides is 2. The summed E-state index contributed by atoms with van der Waals surface area (Å²) in [4.78, 5) is 28.7. The molecule has 1 heterocycles. The molecule has 0 aliphatic carbocycles. The fourth-order valence-corrected chi connectivity index (χ4v) is 4.78. The molecule has 0 atom stereocenters. The van der Waals surface area contributed by atoms with E-state index in [4.69, 9.17) is 9.47 Å². The second-order valence-corrected chi connectivity index (χ2v) is 8.86. The lowest BCUT2D eigenvalue weighted by molar-refractivity contribution is -0.122. The van der Waals surface area contributed by atoms with Gasteiger partial charge in [0, 0.05) is 17.0 Å². The third kappa shape index (κ3) is 5.66. The molecule has 1 N–H and O–H groups in total. The molecule has 35 heavy (non-hydrogen) atoms. The predicted molar refractivity (Wildman–Crippen MR) is 135 cm³/mol. The summed E-state index contributed by atoms with van der Waals surface area (Å²) < 4.78 is 24.8. The highest BCUT2D eigenvalue weighted by atomic mass is 32.2. The summed E-state index contributed by atoms with van der Waals surface area (Å²) in [6.07, 6.45) is 2.12. The molecule has 1 aliphatic heterocycles. The van der Waals surface area contributed by atoms with Gasteiger partial charge >= 0.3 is 0 Å². The third-order valence-electron chi connectivity index (χ3n) is 5.51. The average molecular weight is 493 g/mol. The van der Waals surface area contributed by atoms with Gasteiger partial charge in [0.2, 0.25) is 5.91 Å². The van der Waals surface area contributed by atoms with Crippen molar-refractivity contribution >= 4 is 35.3 Å². The van der Waals surface area contributed by atoms with Crippen molar-refractivity contribution in [2.24, 2.45) is 0 Å². The average Bonchev–Trinajstić information content (AvgIpc) is 2.87. The summed E-state index contributed by atoms with van der Waals surface area (Å²) >= 11 is 1.27. The van der Waals surface area contributed by atoms with Gasteiger partial charge in [-0.05, 0) is 48.4 Å². The van der Waals surface area contributed by atoms with E-state index >= 15 is 0 Å². The molecule has 2 amide bonds. The highest BCUT2D eigenvalue weighted by molar-refractivity contribution is 8.04. The zero-order valence-electron chi connectivity index (χ0n) is 19.4. The van der Waals surface area contributed by atoms with Crippen molar-refractivity contribution in [2.45, 2.75) is 11.3 Å². The van der Waals surface area contributed by atoms with Crippen LogP contribution in [-0.2, 0) is 16.0 Å². The summed E-state index contributed by atoms with van der Waals surface area (Å²) in [6, 6.07) is 19.2. The van der Waals surface area contributed by atoms with Crippen molar-refractivity contribution in [3.05, 3.63) is 88.6 Å². The topological polar surface area (TPSA) is 67.9 Å². The van der Waals surface area contributed by atoms with Gasteiger partial charge in [0.25, 0.3) is 5.91 Å². The van der Waals surface area contributed by atoms with Gasteiger partial charge in [0.05, 0.1) is 24.8 Å². The van der Waals surface area contributed by atoms with Crippen LogP contribution in [-0.4, -0.2) is 39.1 Å². The van der Waals surface area contributed by atoms with Gasteiger partial charge in [-0.3, -0.25) is 14.5 Å². The molecule has 0 fully saturated rings. The standard InChI is InChI=1S/C27H25FN2O4S/c1-33-22-12-11-18(15-23(22)34-2)13-14-29-26(31)17-30-21-9-5-6-10-24(21)35-25(27(30)32)16-19-7-3-4-8-20(19)28/h3-12,15-16H,13-14,17H2,1-2H3,(H,29,31)/b25-16-. The van der Waals surface area contributed by atoms with E-state index in [0.717, 1.165) is 10.5 Å². The fourth-order valence-electron chi connectivity index (χ4n) is 3.73. The van der Waals surface area contributed by atoms with Crippen LogP contribution >= 0.6 is 11.8 Å². The molecule has 1 aliphatic rings. The zero-order chi connectivity index (χ0) is 24.8. The first-order valence-corrected chi connectivity index (χ1v) is 11.8. The van der Waals surface area contributed by atoms with Gasteiger partial charge < -0.3 is 14.8 Å². The maximum Gasteiger partial charge on any atom is 0.265 e. The van der Waals surface area contributed by atoms with E-state index in [9.17, 15) is 14.0 Å². The number of halogens is 1. The Bertz CT molecular complexity index is 1280. The van der Waals surface area contributed by atoms with Gasteiger partial charge in [-0.15, -0.1) is 0 Å². The monoisotopic (exact) mass is 492 g/mol. The largest absolute Gasteiger partial charge is 0.493 e. The Hall–Kier alpha value is -3.78. The number of thioether (sulfide) groups is 1. The summed E-state index contributed by atoms with van der Waals surface area (Å²) in [6.45, 7) is 0.252. The Labute approximate surface area is 207 Å². The summed E-state index contributed by atoms with van der Waals surface area (Å²) in [7, 11) is 3.15. The second-order valence-electron chi connectivity index (χ2n) is 7.78. The highest BCUT2D eigenvalue weighted by Crippen LogP contribution is 2.42. The lowest BCUT2D eigenvalue weighted by Crippen LogP contribution is -2.43. The minimum absolute atomic E-state index is 0.142. The SMILES string of the molecule is COc1ccc(CCNC(=O)CN2C(=O)/C(=C/c3ccccc3F)Sc3ccccc32)cc1OC. The Morgan fingerprint density at radius 3 is 2.54 bits per heavy atom. The van der Waals surface area contributed by atoms with E-state index < -0.39 is 5.82 Å². The molecule has 0 aromatic heterocycles. The molecule has 0 unspecified atom stereocenters. The number of ether oxygens (including phenoxy) is 2. The number of carbonyl (C=O) groups is 2. The Balaban J connectivity index is 1.46. The molecule has 4 rings (SSSR count). The number of nitrogens with zero attached hydrogens (tertiary/aromatic N) is 1. The Morgan fingerprint density at radius 2 is 1.77 bits per heavy atom. The van der Waals surface area contributed by atoms with Gasteiger partial charge in [-0.1, -0.05) is 48.2 Å². The van der Waals surface area contributed by atoms with E-state index in [1.807, 2.05) is 36.4 Å². The lowest BCUT2D eigenvalue weighted by atomic mass is 10.1. The second kappa shape index (κ2) is 11.1. The van der Waals surface area contributed by atoms with Gasteiger partial charge in [-0.2, -0.15) is 0 Å². The number of benzene rings is 3. The molecule has 3 aromatic rings. The van der Waals surface area contributed by atoms with Crippen LogP contribution in [0.25, 0.3) is 6.08 Å². The molecule has 0 bridgehead atoms. The third-order valence-corrected chi connectivity index (χ3v) is 6.59. The van der Waals surface area contributed by atoms with Crippen LogP contribution in [0.4, 0.5) is 10.1 Å². The lowest BCUT2D eigenvalue weighted by Gasteiger charge is -2.29. The van der Waals surface area contributed by atoms with Crippen molar-refractivity contribution in [3.63, 3.8) is 0 Å². The molecule has 0 radical (unpaired) electrons. The number of fused-ring (bicyclic) bond motifs is 1. The van der Waals surface area contributed by atoms with Crippen LogP contribution < -0.4 is 19.7 Å². The van der Waals surface area contributed by atoms with Crippen molar-refractivity contribution in [2.75, 3.05) is 32.2 Å². The van der Waals surface area contributed by atoms with E-state index in [1.165, 1.54) is 28.8 Å². The number of rotatable bonds is 8. The van der Waals surface area contributed by atoms with E-state index in [2.05, 4.69) is 5.32 Å². The fraction of sp³-hybridized carbons (Fsp3) is 0.185. The van der Waals surface area contributed by atoms with Crippen LogP contribution in [0.15, 0.2) is 76.5 Å². The van der Waals surface area contributed by atoms with Crippen molar-refractivity contribution < 1.29 is 23.5 Å². The number of anilines is 1. The molecular weight excluding hydrogens is 467 g/mol. The van der Waals surface area contributed by atoms with Crippen LogP contribution in [0.1, 0.15) is 11.1 Å². The van der Waals surface area contributed by atoms with Crippen LogP contribution in [0.5, 0.6) is 11.5 Å². The summed E-state index contributed by atoms with van der Waals surface area (Å²) in [5.41, 5.74) is 1.96. The minimum Gasteiger partial charge on any atom is -0.493 e. The first kappa shape index (κ1) is 24.3. The number of carbonyl (C=O) groups excluding carboxylic acids is 2. The van der Waals surface area contributed by atoms with Gasteiger partial charge in [-0.25, -0.2) is 4.39 Å². The van der Waals surface area contributed by atoms with Crippen LogP contribution in [0, 0.1) is 5.82 Å². The predicted octanol–water partition coefficient (Wildman–Crippen LogP) is 4.68. The smallest absolute Gasteiger partial charge is 0.265 e. The molecule has 0 spiro atoms. The number of hydrogen-bond acceptors (Lipinski definition) is 5. The molecule has 3 aromatic carbocycles. The van der Waals surface area contributed by atoms with Crippen LogP contribution in [0.3, 0.4) is 0 Å². The number of hydrogen-bond donors (Lipinski definition) is 1. The van der Waals surface area contributed by atoms with E-state index in [0.29, 0.717) is 40.6 Å². The molecule has 8 heteroatoms. The first-order valence-electron chi connectivity index (χ1n) is 11.0.